The molecule has 1 aromatic heterocycles. The molecule has 110 valence electrons. The van der Waals surface area contributed by atoms with Crippen molar-refractivity contribution in [1.82, 2.24) is 9.88 Å². The SMILES string of the molecule is CC1CCCCN1CCCNc1ccncc1[N+](=O)[O-]. The number of hydrogen-bond donors (Lipinski definition) is 1. The monoisotopic (exact) mass is 278 g/mol. The lowest BCUT2D eigenvalue weighted by molar-refractivity contribution is -0.384. The van der Waals surface area contributed by atoms with Crippen LogP contribution in [0.5, 0.6) is 0 Å². The summed E-state index contributed by atoms with van der Waals surface area (Å²) < 4.78 is 0. The minimum atomic E-state index is -0.401. The maximum atomic E-state index is 10.9. The summed E-state index contributed by atoms with van der Waals surface area (Å²) in [6.07, 6.45) is 7.75. The van der Waals surface area contributed by atoms with E-state index in [0.717, 1.165) is 19.5 Å². The first kappa shape index (κ1) is 14.7. The predicted octanol–water partition coefficient (Wildman–Crippen LogP) is 2.67. The van der Waals surface area contributed by atoms with Gasteiger partial charge in [0.05, 0.1) is 4.92 Å². The average Bonchev–Trinajstić information content (AvgIpc) is 2.45. The molecular formula is C14H22N4O2. The van der Waals surface area contributed by atoms with Gasteiger partial charge < -0.3 is 10.2 Å². The number of anilines is 1. The normalized spacial score (nSPS) is 19.8. The van der Waals surface area contributed by atoms with Gasteiger partial charge in [0, 0.05) is 25.3 Å². The van der Waals surface area contributed by atoms with E-state index >= 15 is 0 Å². The van der Waals surface area contributed by atoms with E-state index < -0.39 is 4.92 Å². The molecule has 1 aromatic rings. The fraction of sp³-hybridized carbons (Fsp3) is 0.643. The Bertz CT molecular complexity index is 453. The third-order valence-electron chi connectivity index (χ3n) is 3.87. The summed E-state index contributed by atoms with van der Waals surface area (Å²) >= 11 is 0. The number of nitro groups is 1. The van der Waals surface area contributed by atoms with Gasteiger partial charge in [-0.1, -0.05) is 6.42 Å². The van der Waals surface area contributed by atoms with Crippen molar-refractivity contribution < 1.29 is 4.92 Å². The van der Waals surface area contributed by atoms with E-state index in [1.807, 2.05) is 0 Å². The van der Waals surface area contributed by atoms with Crippen LogP contribution in [0.25, 0.3) is 0 Å². The largest absolute Gasteiger partial charge is 0.379 e. The van der Waals surface area contributed by atoms with Crippen LogP contribution >= 0.6 is 0 Å². The second-order valence-electron chi connectivity index (χ2n) is 5.31. The zero-order valence-corrected chi connectivity index (χ0v) is 11.9. The molecule has 0 spiro atoms. The van der Waals surface area contributed by atoms with Crippen LogP contribution in [0.4, 0.5) is 11.4 Å². The average molecular weight is 278 g/mol. The molecule has 1 fully saturated rings. The minimum absolute atomic E-state index is 0.0406. The third-order valence-corrected chi connectivity index (χ3v) is 3.87. The van der Waals surface area contributed by atoms with Crippen molar-refractivity contribution >= 4 is 11.4 Å². The van der Waals surface area contributed by atoms with Crippen molar-refractivity contribution in [3.05, 3.63) is 28.6 Å². The van der Waals surface area contributed by atoms with E-state index in [2.05, 4.69) is 22.1 Å². The van der Waals surface area contributed by atoms with E-state index in [4.69, 9.17) is 0 Å². The molecule has 1 N–H and O–H groups in total. The Balaban J connectivity index is 1.77. The van der Waals surface area contributed by atoms with Crippen molar-refractivity contribution in [2.24, 2.45) is 0 Å². The van der Waals surface area contributed by atoms with Gasteiger partial charge in [0.1, 0.15) is 11.9 Å². The summed E-state index contributed by atoms with van der Waals surface area (Å²) in [5.41, 5.74) is 0.593. The van der Waals surface area contributed by atoms with Gasteiger partial charge in [-0.05, 0) is 38.8 Å². The molecule has 6 nitrogen and oxygen atoms in total. The summed E-state index contributed by atoms with van der Waals surface area (Å²) in [5.74, 6) is 0. The molecule has 0 amide bonds. The minimum Gasteiger partial charge on any atom is -0.379 e. The number of hydrogen-bond acceptors (Lipinski definition) is 5. The number of nitrogens with one attached hydrogen (secondary N) is 1. The molecule has 0 aromatic carbocycles. The summed E-state index contributed by atoms with van der Waals surface area (Å²) in [6.45, 7) is 5.25. The van der Waals surface area contributed by atoms with Gasteiger partial charge in [-0.25, -0.2) is 0 Å². The number of aromatic nitrogens is 1. The van der Waals surface area contributed by atoms with Crippen molar-refractivity contribution in [2.75, 3.05) is 25.0 Å². The van der Waals surface area contributed by atoms with E-state index in [1.165, 1.54) is 32.0 Å². The zero-order chi connectivity index (χ0) is 14.4. The van der Waals surface area contributed by atoms with Crippen LogP contribution in [0, 0.1) is 10.1 Å². The lowest BCUT2D eigenvalue weighted by Gasteiger charge is -2.33. The molecule has 2 rings (SSSR count). The van der Waals surface area contributed by atoms with Gasteiger partial charge in [0.2, 0.25) is 0 Å². The second-order valence-corrected chi connectivity index (χ2v) is 5.31. The molecular weight excluding hydrogens is 256 g/mol. The van der Waals surface area contributed by atoms with E-state index in [9.17, 15) is 10.1 Å². The molecule has 0 aliphatic carbocycles. The van der Waals surface area contributed by atoms with Crippen LogP contribution in [0.3, 0.4) is 0 Å². The van der Waals surface area contributed by atoms with Crippen molar-refractivity contribution in [3.63, 3.8) is 0 Å². The second kappa shape index (κ2) is 7.19. The molecule has 6 heteroatoms. The molecule has 0 bridgehead atoms. The molecule has 0 saturated carbocycles. The molecule has 1 saturated heterocycles. The molecule has 1 atom stereocenters. The van der Waals surface area contributed by atoms with Gasteiger partial charge in [-0.3, -0.25) is 15.1 Å². The molecule has 2 heterocycles. The number of rotatable bonds is 6. The summed E-state index contributed by atoms with van der Waals surface area (Å²) in [6, 6.07) is 2.32. The van der Waals surface area contributed by atoms with E-state index in [1.54, 1.807) is 12.3 Å². The summed E-state index contributed by atoms with van der Waals surface area (Å²) in [4.78, 5) is 16.8. The first-order chi connectivity index (χ1) is 9.68. The van der Waals surface area contributed by atoms with Crippen LogP contribution in [0.15, 0.2) is 18.5 Å². The third kappa shape index (κ3) is 3.90. The lowest BCUT2D eigenvalue weighted by atomic mass is 10.0. The molecule has 20 heavy (non-hydrogen) atoms. The van der Waals surface area contributed by atoms with E-state index in [0.29, 0.717) is 11.7 Å². The van der Waals surface area contributed by atoms with Gasteiger partial charge >= 0.3 is 5.69 Å². The smallest absolute Gasteiger partial charge is 0.310 e. The van der Waals surface area contributed by atoms with Crippen LogP contribution in [-0.4, -0.2) is 40.5 Å². The topological polar surface area (TPSA) is 71.3 Å². The Labute approximate surface area is 119 Å². The quantitative estimate of drug-likeness (QED) is 0.492. The zero-order valence-electron chi connectivity index (χ0n) is 11.9. The maximum absolute atomic E-state index is 10.9. The first-order valence-electron chi connectivity index (χ1n) is 7.25. The van der Waals surface area contributed by atoms with Crippen molar-refractivity contribution in [1.29, 1.82) is 0 Å². The Morgan fingerprint density at radius 3 is 3.15 bits per heavy atom. The fourth-order valence-corrected chi connectivity index (χ4v) is 2.68. The Morgan fingerprint density at radius 2 is 2.40 bits per heavy atom. The number of pyridine rings is 1. The van der Waals surface area contributed by atoms with Gasteiger partial charge in [-0.2, -0.15) is 0 Å². The Hall–Kier alpha value is -1.69. The van der Waals surface area contributed by atoms with Crippen molar-refractivity contribution in [3.8, 4) is 0 Å². The van der Waals surface area contributed by atoms with Crippen LogP contribution in [0.2, 0.25) is 0 Å². The highest BCUT2D eigenvalue weighted by Crippen LogP contribution is 2.22. The summed E-state index contributed by atoms with van der Waals surface area (Å²) in [5, 5.41) is 14.0. The van der Waals surface area contributed by atoms with Crippen molar-refractivity contribution in [2.45, 2.75) is 38.6 Å². The Morgan fingerprint density at radius 1 is 1.55 bits per heavy atom. The highest BCUT2D eigenvalue weighted by Gasteiger charge is 2.17. The van der Waals surface area contributed by atoms with Crippen LogP contribution in [-0.2, 0) is 0 Å². The molecule has 1 aliphatic rings. The molecule has 0 radical (unpaired) electrons. The number of piperidine rings is 1. The standard InChI is InChI=1S/C14H22N4O2/c1-12-5-2-3-9-17(12)10-4-7-16-13-6-8-15-11-14(13)18(19)20/h6,8,11-12H,2-5,7,9-10H2,1H3,(H,15,16). The maximum Gasteiger partial charge on any atom is 0.310 e. The van der Waals surface area contributed by atoms with Crippen LogP contribution in [0.1, 0.15) is 32.6 Å². The number of nitrogens with zero attached hydrogens (tertiary/aromatic N) is 3. The highest BCUT2D eigenvalue weighted by atomic mass is 16.6. The fourth-order valence-electron chi connectivity index (χ4n) is 2.68. The molecule has 1 aliphatic heterocycles. The lowest BCUT2D eigenvalue weighted by Crippen LogP contribution is -2.38. The summed E-state index contributed by atoms with van der Waals surface area (Å²) in [7, 11) is 0. The highest BCUT2D eigenvalue weighted by molar-refractivity contribution is 5.59. The number of likely N-dealkylation sites (tertiary alicyclic amines) is 1. The first-order valence-corrected chi connectivity index (χ1v) is 7.25. The Kier molecular flexibility index (Phi) is 5.29. The molecule has 1 unspecified atom stereocenters. The predicted molar refractivity (Wildman–Crippen MR) is 78.9 cm³/mol. The van der Waals surface area contributed by atoms with Gasteiger partial charge in [0.15, 0.2) is 0 Å². The van der Waals surface area contributed by atoms with Crippen LogP contribution < -0.4 is 5.32 Å². The van der Waals surface area contributed by atoms with E-state index in [-0.39, 0.29) is 5.69 Å². The van der Waals surface area contributed by atoms with Gasteiger partial charge in [-0.15, -0.1) is 0 Å². The van der Waals surface area contributed by atoms with Gasteiger partial charge in [0.25, 0.3) is 0 Å².